The van der Waals surface area contributed by atoms with E-state index in [1.54, 1.807) is 30.3 Å². The third-order valence-electron chi connectivity index (χ3n) is 4.30. The van der Waals surface area contributed by atoms with Crippen LogP contribution in [-0.2, 0) is 4.74 Å². The van der Waals surface area contributed by atoms with Crippen molar-refractivity contribution in [2.75, 3.05) is 38.3 Å². The summed E-state index contributed by atoms with van der Waals surface area (Å²) in [6, 6.07) is 16.7. The first-order chi connectivity index (χ1) is 12.7. The fraction of sp³-hybridized carbons (Fsp3) is 0.238. The summed E-state index contributed by atoms with van der Waals surface area (Å²) in [7, 11) is 1.51. The number of benzene rings is 2. The molecule has 2 aromatic rings. The lowest BCUT2D eigenvalue weighted by Crippen LogP contribution is -2.36. The van der Waals surface area contributed by atoms with Crippen LogP contribution < -0.4 is 9.64 Å². The Kier molecular flexibility index (Phi) is 5.67. The number of hydrogen-bond acceptors (Lipinski definition) is 5. The summed E-state index contributed by atoms with van der Waals surface area (Å²) in [5.41, 5.74) is 2.38. The average Bonchev–Trinajstić information content (AvgIpc) is 2.72. The zero-order valence-electron chi connectivity index (χ0n) is 14.6. The molecule has 1 aliphatic rings. The van der Waals surface area contributed by atoms with E-state index in [2.05, 4.69) is 4.90 Å². The molecule has 0 saturated carbocycles. The molecular formula is C21H20N2O3. The number of carbonyl (C=O) groups excluding carboxylic acids is 1. The van der Waals surface area contributed by atoms with Crippen molar-refractivity contribution in [2.45, 2.75) is 0 Å². The number of nitrogens with zero attached hydrogens (tertiary/aromatic N) is 2. The van der Waals surface area contributed by atoms with Gasteiger partial charge in [-0.1, -0.05) is 24.3 Å². The molecule has 3 rings (SSSR count). The number of methoxy groups -OCH3 is 1. The fourth-order valence-corrected chi connectivity index (χ4v) is 2.90. The predicted molar refractivity (Wildman–Crippen MR) is 100 cm³/mol. The van der Waals surface area contributed by atoms with Crippen LogP contribution in [0.3, 0.4) is 0 Å². The largest absolute Gasteiger partial charge is 0.496 e. The number of nitriles is 1. The predicted octanol–water partition coefficient (Wildman–Crippen LogP) is 3.32. The second kappa shape index (κ2) is 8.32. The van der Waals surface area contributed by atoms with Crippen molar-refractivity contribution in [2.24, 2.45) is 0 Å². The standard InChI is InChI=1S/C21H20N2O3/c1-25-20-5-3-2-4-19(20)21(24)17(15-22)14-16-6-8-18(9-7-16)23-10-12-26-13-11-23/h2-9,14H,10-13H2,1H3/b17-14+. The Morgan fingerprint density at radius 3 is 2.50 bits per heavy atom. The van der Waals surface area contributed by atoms with Crippen molar-refractivity contribution in [3.05, 3.63) is 65.2 Å². The molecule has 1 fully saturated rings. The molecule has 2 aromatic carbocycles. The van der Waals surface area contributed by atoms with Crippen LogP contribution in [0.15, 0.2) is 54.1 Å². The molecule has 0 amide bonds. The van der Waals surface area contributed by atoms with Gasteiger partial charge >= 0.3 is 0 Å². The van der Waals surface area contributed by atoms with Gasteiger partial charge in [-0.3, -0.25) is 4.79 Å². The summed E-state index contributed by atoms with van der Waals surface area (Å²) in [4.78, 5) is 14.9. The molecule has 0 spiro atoms. The van der Waals surface area contributed by atoms with Crippen molar-refractivity contribution in [1.82, 2.24) is 0 Å². The number of hydrogen-bond donors (Lipinski definition) is 0. The highest BCUT2D eigenvalue weighted by molar-refractivity contribution is 6.15. The molecule has 0 unspecified atom stereocenters. The number of anilines is 1. The third-order valence-corrected chi connectivity index (χ3v) is 4.30. The van der Waals surface area contributed by atoms with Crippen LogP contribution in [0.4, 0.5) is 5.69 Å². The van der Waals surface area contributed by atoms with Gasteiger partial charge in [0.05, 0.1) is 25.9 Å². The van der Waals surface area contributed by atoms with E-state index in [1.807, 2.05) is 30.3 Å². The smallest absolute Gasteiger partial charge is 0.207 e. The highest BCUT2D eigenvalue weighted by atomic mass is 16.5. The van der Waals surface area contributed by atoms with Crippen LogP contribution in [0, 0.1) is 11.3 Å². The van der Waals surface area contributed by atoms with Gasteiger partial charge < -0.3 is 14.4 Å². The summed E-state index contributed by atoms with van der Waals surface area (Å²) in [5, 5.41) is 9.44. The first-order valence-corrected chi connectivity index (χ1v) is 8.45. The first-order valence-electron chi connectivity index (χ1n) is 8.45. The molecule has 0 atom stereocenters. The minimum Gasteiger partial charge on any atom is -0.496 e. The van der Waals surface area contributed by atoms with E-state index < -0.39 is 0 Å². The van der Waals surface area contributed by atoms with Gasteiger partial charge in [-0.25, -0.2) is 0 Å². The van der Waals surface area contributed by atoms with E-state index in [0.29, 0.717) is 11.3 Å². The SMILES string of the molecule is COc1ccccc1C(=O)/C(C#N)=C/c1ccc(N2CCOCC2)cc1. The van der Waals surface area contributed by atoms with E-state index >= 15 is 0 Å². The van der Waals surface area contributed by atoms with Gasteiger partial charge in [0.2, 0.25) is 5.78 Å². The quantitative estimate of drug-likeness (QED) is 0.471. The van der Waals surface area contributed by atoms with Crippen LogP contribution in [0.1, 0.15) is 15.9 Å². The fourth-order valence-electron chi connectivity index (χ4n) is 2.90. The minimum atomic E-state index is -0.345. The maximum atomic E-state index is 12.7. The molecule has 0 bridgehead atoms. The Balaban J connectivity index is 1.82. The lowest BCUT2D eigenvalue weighted by atomic mass is 10.0. The molecule has 1 heterocycles. The summed E-state index contributed by atoms with van der Waals surface area (Å²) in [6.45, 7) is 3.19. The highest BCUT2D eigenvalue weighted by Gasteiger charge is 2.16. The monoisotopic (exact) mass is 348 g/mol. The number of rotatable bonds is 5. The molecule has 132 valence electrons. The zero-order chi connectivity index (χ0) is 18.4. The van der Waals surface area contributed by atoms with Crippen molar-refractivity contribution < 1.29 is 14.3 Å². The first kappa shape index (κ1) is 17.7. The van der Waals surface area contributed by atoms with Crippen LogP contribution in [-0.4, -0.2) is 39.2 Å². The Hall–Kier alpha value is -3.10. The van der Waals surface area contributed by atoms with E-state index in [4.69, 9.17) is 9.47 Å². The number of ether oxygens (including phenoxy) is 2. The van der Waals surface area contributed by atoms with E-state index in [-0.39, 0.29) is 11.4 Å². The lowest BCUT2D eigenvalue weighted by molar-refractivity contribution is 0.103. The van der Waals surface area contributed by atoms with Crippen molar-refractivity contribution in [3.8, 4) is 11.8 Å². The third kappa shape index (κ3) is 3.93. The molecule has 1 aliphatic heterocycles. The molecule has 0 N–H and O–H groups in total. The van der Waals surface area contributed by atoms with Crippen molar-refractivity contribution in [3.63, 3.8) is 0 Å². The molecule has 5 nitrogen and oxygen atoms in total. The van der Waals surface area contributed by atoms with Crippen LogP contribution in [0.5, 0.6) is 5.75 Å². The minimum absolute atomic E-state index is 0.0774. The van der Waals surface area contributed by atoms with Gasteiger partial charge in [-0.15, -0.1) is 0 Å². The lowest BCUT2D eigenvalue weighted by Gasteiger charge is -2.28. The number of carbonyl (C=O) groups is 1. The maximum Gasteiger partial charge on any atom is 0.207 e. The van der Waals surface area contributed by atoms with E-state index in [9.17, 15) is 10.1 Å². The number of Topliss-reactive ketones (excluding diaryl/α,β-unsaturated/α-hetero) is 1. The maximum absolute atomic E-state index is 12.7. The van der Waals surface area contributed by atoms with Gasteiger partial charge in [0, 0.05) is 18.8 Å². The number of allylic oxidation sites excluding steroid dienone is 1. The summed E-state index contributed by atoms with van der Waals surface area (Å²) < 4.78 is 10.6. The van der Waals surface area contributed by atoms with Gasteiger partial charge in [0.15, 0.2) is 0 Å². The normalized spacial score (nSPS) is 14.6. The van der Waals surface area contributed by atoms with Gasteiger partial charge in [0.25, 0.3) is 0 Å². The molecule has 5 heteroatoms. The topological polar surface area (TPSA) is 62.6 Å². The van der Waals surface area contributed by atoms with Gasteiger partial charge in [0.1, 0.15) is 17.4 Å². The van der Waals surface area contributed by atoms with Gasteiger partial charge in [-0.05, 0) is 35.9 Å². The second-order valence-electron chi connectivity index (χ2n) is 5.89. The van der Waals surface area contributed by atoms with Crippen LogP contribution in [0.2, 0.25) is 0 Å². The Morgan fingerprint density at radius 1 is 1.15 bits per heavy atom. The Labute approximate surface area is 153 Å². The number of morpholine rings is 1. The number of para-hydroxylation sites is 1. The Bertz CT molecular complexity index is 844. The molecule has 0 aromatic heterocycles. The van der Waals surface area contributed by atoms with Crippen molar-refractivity contribution >= 4 is 17.5 Å². The molecule has 0 radical (unpaired) electrons. The zero-order valence-corrected chi connectivity index (χ0v) is 14.6. The summed E-state index contributed by atoms with van der Waals surface area (Å²) in [6.07, 6.45) is 1.61. The van der Waals surface area contributed by atoms with Crippen LogP contribution >= 0.6 is 0 Å². The van der Waals surface area contributed by atoms with Gasteiger partial charge in [-0.2, -0.15) is 5.26 Å². The molecule has 26 heavy (non-hydrogen) atoms. The van der Waals surface area contributed by atoms with Crippen molar-refractivity contribution in [1.29, 1.82) is 5.26 Å². The summed E-state index contributed by atoms with van der Waals surface area (Å²) in [5.74, 6) is 0.114. The second-order valence-corrected chi connectivity index (χ2v) is 5.89. The Morgan fingerprint density at radius 2 is 1.85 bits per heavy atom. The number of ketones is 1. The molecular weight excluding hydrogens is 328 g/mol. The van der Waals surface area contributed by atoms with Crippen LogP contribution in [0.25, 0.3) is 6.08 Å². The molecule has 1 saturated heterocycles. The summed E-state index contributed by atoms with van der Waals surface area (Å²) >= 11 is 0. The molecule has 0 aliphatic carbocycles. The average molecular weight is 348 g/mol. The van der Waals surface area contributed by atoms with E-state index in [1.165, 1.54) is 7.11 Å². The highest BCUT2D eigenvalue weighted by Crippen LogP contribution is 2.23. The van der Waals surface area contributed by atoms with E-state index in [0.717, 1.165) is 37.6 Å².